The summed E-state index contributed by atoms with van der Waals surface area (Å²) in [5.74, 6) is 1.50. The van der Waals surface area contributed by atoms with Crippen LogP contribution in [0, 0.1) is 6.92 Å². The molecule has 3 aromatic rings. The molecule has 3 heterocycles. The van der Waals surface area contributed by atoms with Crippen molar-refractivity contribution in [2.75, 3.05) is 11.9 Å². The standard InChI is InChI=1S/C19H21N5O/c1-14-9-11-24(23-14)19-8-7-18(21-22-19)20-16-10-12-25-17(13-16)15-5-3-2-4-6-15/h2-9,11,16-17H,10,12-13H2,1H3,(H,20,21). The predicted octanol–water partition coefficient (Wildman–Crippen LogP) is 3.30. The molecule has 0 saturated carbocycles. The van der Waals surface area contributed by atoms with E-state index in [1.807, 2.05) is 37.4 Å². The van der Waals surface area contributed by atoms with E-state index in [9.17, 15) is 0 Å². The van der Waals surface area contributed by atoms with Gasteiger partial charge in [-0.3, -0.25) is 0 Å². The van der Waals surface area contributed by atoms with E-state index in [-0.39, 0.29) is 6.10 Å². The van der Waals surface area contributed by atoms with Crippen LogP contribution in [-0.4, -0.2) is 32.6 Å². The van der Waals surface area contributed by atoms with Gasteiger partial charge in [0.25, 0.3) is 0 Å². The van der Waals surface area contributed by atoms with E-state index in [1.54, 1.807) is 4.68 Å². The van der Waals surface area contributed by atoms with Crippen molar-refractivity contribution in [3.63, 3.8) is 0 Å². The van der Waals surface area contributed by atoms with Gasteiger partial charge in [0.1, 0.15) is 5.82 Å². The fraction of sp³-hybridized carbons (Fsp3) is 0.316. The van der Waals surface area contributed by atoms with Crippen molar-refractivity contribution in [3.8, 4) is 5.82 Å². The van der Waals surface area contributed by atoms with E-state index in [0.29, 0.717) is 11.9 Å². The molecule has 1 fully saturated rings. The number of nitrogens with one attached hydrogen (secondary N) is 1. The Kier molecular flexibility index (Phi) is 4.43. The third-order valence-electron chi connectivity index (χ3n) is 4.41. The van der Waals surface area contributed by atoms with Crippen LogP contribution in [0.4, 0.5) is 5.82 Å². The van der Waals surface area contributed by atoms with Gasteiger partial charge in [0, 0.05) is 18.8 Å². The summed E-state index contributed by atoms with van der Waals surface area (Å²) in [6.07, 6.45) is 3.90. The van der Waals surface area contributed by atoms with Crippen LogP contribution < -0.4 is 5.32 Å². The average molecular weight is 335 g/mol. The molecule has 6 heteroatoms. The summed E-state index contributed by atoms with van der Waals surface area (Å²) < 4.78 is 7.65. The number of ether oxygens (including phenoxy) is 1. The van der Waals surface area contributed by atoms with E-state index in [0.717, 1.165) is 31.0 Å². The molecule has 25 heavy (non-hydrogen) atoms. The third-order valence-corrected chi connectivity index (χ3v) is 4.41. The minimum absolute atomic E-state index is 0.131. The molecule has 2 unspecified atom stereocenters. The van der Waals surface area contributed by atoms with Gasteiger partial charge >= 0.3 is 0 Å². The maximum absolute atomic E-state index is 5.92. The average Bonchev–Trinajstić information content (AvgIpc) is 3.10. The fourth-order valence-electron chi connectivity index (χ4n) is 3.10. The van der Waals surface area contributed by atoms with Gasteiger partial charge in [-0.15, -0.1) is 10.2 Å². The summed E-state index contributed by atoms with van der Waals surface area (Å²) in [6, 6.07) is 16.5. The quantitative estimate of drug-likeness (QED) is 0.792. The molecule has 4 rings (SSSR count). The van der Waals surface area contributed by atoms with Crippen molar-refractivity contribution >= 4 is 5.82 Å². The smallest absolute Gasteiger partial charge is 0.175 e. The van der Waals surface area contributed by atoms with Gasteiger partial charge in [0.2, 0.25) is 0 Å². The van der Waals surface area contributed by atoms with Crippen molar-refractivity contribution in [2.24, 2.45) is 0 Å². The molecule has 0 radical (unpaired) electrons. The Bertz CT molecular complexity index is 815. The highest BCUT2D eigenvalue weighted by molar-refractivity contribution is 5.37. The van der Waals surface area contributed by atoms with Gasteiger partial charge in [-0.05, 0) is 43.5 Å². The van der Waals surface area contributed by atoms with Crippen molar-refractivity contribution in [1.82, 2.24) is 20.0 Å². The van der Waals surface area contributed by atoms with Crippen LogP contribution in [0.3, 0.4) is 0 Å². The SMILES string of the molecule is Cc1ccn(-c2ccc(NC3CCOC(c4ccccc4)C3)nn2)n1. The van der Waals surface area contributed by atoms with Gasteiger partial charge < -0.3 is 10.1 Å². The lowest BCUT2D eigenvalue weighted by atomic mass is 9.97. The first-order valence-electron chi connectivity index (χ1n) is 8.57. The lowest BCUT2D eigenvalue weighted by Gasteiger charge is -2.30. The molecule has 1 saturated heterocycles. The lowest BCUT2D eigenvalue weighted by Crippen LogP contribution is -2.30. The van der Waals surface area contributed by atoms with Crippen LogP contribution in [0.25, 0.3) is 5.82 Å². The van der Waals surface area contributed by atoms with Crippen LogP contribution in [0.15, 0.2) is 54.7 Å². The second kappa shape index (κ2) is 7.03. The summed E-state index contributed by atoms with van der Waals surface area (Å²) in [6.45, 7) is 2.70. The molecule has 1 aromatic carbocycles. The summed E-state index contributed by atoms with van der Waals surface area (Å²) >= 11 is 0. The molecule has 1 N–H and O–H groups in total. The highest BCUT2D eigenvalue weighted by Crippen LogP contribution is 2.29. The second-order valence-electron chi connectivity index (χ2n) is 6.31. The Morgan fingerprint density at radius 2 is 1.96 bits per heavy atom. The largest absolute Gasteiger partial charge is 0.373 e. The van der Waals surface area contributed by atoms with Gasteiger partial charge in [-0.25, -0.2) is 4.68 Å². The molecule has 1 aliphatic rings. The zero-order valence-electron chi connectivity index (χ0n) is 14.2. The lowest BCUT2D eigenvalue weighted by molar-refractivity contribution is 0.00973. The van der Waals surface area contributed by atoms with Crippen molar-refractivity contribution in [2.45, 2.75) is 31.9 Å². The summed E-state index contributed by atoms with van der Waals surface area (Å²) in [5, 5.41) is 16.4. The van der Waals surface area contributed by atoms with Crippen LogP contribution >= 0.6 is 0 Å². The molecule has 128 valence electrons. The van der Waals surface area contributed by atoms with Crippen molar-refractivity contribution < 1.29 is 4.74 Å². The Balaban J connectivity index is 1.41. The first-order valence-corrected chi connectivity index (χ1v) is 8.57. The second-order valence-corrected chi connectivity index (χ2v) is 6.31. The Hall–Kier alpha value is -2.73. The van der Waals surface area contributed by atoms with Crippen molar-refractivity contribution in [3.05, 3.63) is 66.0 Å². The Labute approximate surface area is 146 Å². The Morgan fingerprint density at radius 1 is 1.08 bits per heavy atom. The van der Waals surface area contributed by atoms with E-state index in [4.69, 9.17) is 4.74 Å². The first kappa shape index (κ1) is 15.8. The zero-order chi connectivity index (χ0) is 17.1. The molecule has 2 atom stereocenters. The molecule has 0 bridgehead atoms. The summed E-state index contributed by atoms with van der Waals surface area (Å²) in [5.41, 5.74) is 2.18. The minimum Gasteiger partial charge on any atom is -0.373 e. The summed E-state index contributed by atoms with van der Waals surface area (Å²) in [7, 11) is 0. The maximum Gasteiger partial charge on any atom is 0.175 e. The molecular formula is C19H21N5O. The number of aryl methyl sites for hydroxylation is 1. The van der Waals surface area contributed by atoms with Crippen LogP contribution in [0.1, 0.15) is 30.2 Å². The predicted molar refractivity (Wildman–Crippen MR) is 95.7 cm³/mol. The van der Waals surface area contributed by atoms with E-state index in [1.165, 1.54) is 5.56 Å². The topological polar surface area (TPSA) is 64.9 Å². The number of anilines is 1. The normalized spacial score (nSPS) is 20.4. The zero-order valence-corrected chi connectivity index (χ0v) is 14.2. The highest BCUT2D eigenvalue weighted by atomic mass is 16.5. The fourth-order valence-corrected chi connectivity index (χ4v) is 3.10. The van der Waals surface area contributed by atoms with E-state index >= 15 is 0 Å². The molecule has 2 aromatic heterocycles. The van der Waals surface area contributed by atoms with E-state index in [2.05, 4.69) is 44.9 Å². The molecule has 0 aliphatic carbocycles. The number of benzene rings is 1. The van der Waals surface area contributed by atoms with Gasteiger partial charge in [-0.2, -0.15) is 5.10 Å². The molecular weight excluding hydrogens is 314 g/mol. The monoisotopic (exact) mass is 335 g/mol. The van der Waals surface area contributed by atoms with Gasteiger partial charge in [0.05, 0.1) is 11.8 Å². The van der Waals surface area contributed by atoms with Crippen LogP contribution in [0.5, 0.6) is 0 Å². The van der Waals surface area contributed by atoms with Crippen LogP contribution in [-0.2, 0) is 4.74 Å². The first-order chi connectivity index (χ1) is 12.3. The summed E-state index contributed by atoms with van der Waals surface area (Å²) in [4.78, 5) is 0. The Morgan fingerprint density at radius 3 is 2.68 bits per heavy atom. The molecule has 6 nitrogen and oxygen atoms in total. The molecule has 1 aliphatic heterocycles. The maximum atomic E-state index is 5.92. The number of rotatable bonds is 4. The number of aromatic nitrogens is 4. The number of nitrogens with zero attached hydrogens (tertiary/aromatic N) is 4. The van der Waals surface area contributed by atoms with E-state index < -0.39 is 0 Å². The van der Waals surface area contributed by atoms with Crippen molar-refractivity contribution in [1.29, 1.82) is 0 Å². The molecule has 0 spiro atoms. The third kappa shape index (κ3) is 3.69. The number of hydrogen-bond donors (Lipinski definition) is 1. The van der Waals surface area contributed by atoms with Gasteiger partial charge in [-0.1, -0.05) is 30.3 Å². The van der Waals surface area contributed by atoms with Crippen LogP contribution in [0.2, 0.25) is 0 Å². The van der Waals surface area contributed by atoms with Gasteiger partial charge in [0.15, 0.2) is 5.82 Å². The number of hydrogen-bond acceptors (Lipinski definition) is 5. The highest BCUT2D eigenvalue weighted by Gasteiger charge is 2.24. The minimum atomic E-state index is 0.131. The molecule has 0 amide bonds.